The number of anilines is 1. The van der Waals surface area contributed by atoms with E-state index in [2.05, 4.69) is 38.4 Å². The molecule has 0 amide bonds. The molecular weight excluding hydrogens is 320 g/mol. The average Bonchev–Trinajstić information content (AvgIpc) is 3.05. The van der Waals surface area contributed by atoms with Crippen molar-refractivity contribution >= 4 is 5.95 Å². The minimum atomic E-state index is -0.00647. The van der Waals surface area contributed by atoms with Gasteiger partial charge < -0.3 is 14.8 Å². The van der Waals surface area contributed by atoms with Crippen molar-refractivity contribution in [3.05, 3.63) is 29.7 Å². The van der Waals surface area contributed by atoms with Crippen LogP contribution in [0.2, 0.25) is 0 Å². The van der Waals surface area contributed by atoms with Crippen LogP contribution in [0.5, 0.6) is 5.88 Å². The molecular formula is C17H26N6O2. The summed E-state index contributed by atoms with van der Waals surface area (Å²) in [5.41, 5.74) is 2.02. The van der Waals surface area contributed by atoms with Gasteiger partial charge in [-0.25, -0.2) is 4.98 Å². The van der Waals surface area contributed by atoms with Gasteiger partial charge in [-0.05, 0) is 13.5 Å². The van der Waals surface area contributed by atoms with Crippen molar-refractivity contribution in [1.29, 1.82) is 0 Å². The molecule has 2 aromatic heterocycles. The standard InChI is InChI=1S/C17H26N6O2/c1-5-23-6-7-25-14(16(23)13-9-19-22(3)11-13)10-18-17-20-12(2)8-15(21-17)24-4/h8-9,11,14,16H,5-7,10H2,1-4H3,(H,18,20,21)/t14-,16-/m0/s1. The summed E-state index contributed by atoms with van der Waals surface area (Å²) in [4.78, 5) is 11.2. The Kier molecular flexibility index (Phi) is 5.50. The average molecular weight is 346 g/mol. The molecule has 8 heteroatoms. The van der Waals surface area contributed by atoms with Gasteiger partial charge in [0.05, 0.1) is 32.1 Å². The molecule has 1 saturated heterocycles. The van der Waals surface area contributed by atoms with E-state index in [0.29, 0.717) is 18.4 Å². The summed E-state index contributed by atoms with van der Waals surface area (Å²) in [5, 5.41) is 7.62. The van der Waals surface area contributed by atoms with Crippen molar-refractivity contribution in [3.63, 3.8) is 0 Å². The van der Waals surface area contributed by atoms with Crippen molar-refractivity contribution in [3.8, 4) is 5.88 Å². The third-order valence-electron chi connectivity index (χ3n) is 4.43. The van der Waals surface area contributed by atoms with Crippen LogP contribution in [0.25, 0.3) is 0 Å². The zero-order valence-electron chi connectivity index (χ0n) is 15.3. The molecule has 0 aromatic carbocycles. The van der Waals surface area contributed by atoms with E-state index in [9.17, 15) is 0 Å². The highest BCUT2D eigenvalue weighted by Gasteiger charge is 2.33. The molecule has 0 unspecified atom stereocenters. The van der Waals surface area contributed by atoms with Crippen LogP contribution >= 0.6 is 0 Å². The molecule has 0 radical (unpaired) electrons. The Morgan fingerprint density at radius 1 is 1.40 bits per heavy atom. The topological polar surface area (TPSA) is 77.3 Å². The summed E-state index contributed by atoms with van der Waals surface area (Å²) in [7, 11) is 3.54. The lowest BCUT2D eigenvalue weighted by Crippen LogP contribution is -2.47. The molecule has 0 spiro atoms. The van der Waals surface area contributed by atoms with Gasteiger partial charge in [-0.1, -0.05) is 6.92 Å². The Morgan fingerprint density at radius 3 is 2.92 bits per heavy atom. The summed E-state index contributed by atoms with van der Waals surface area (Å²) >= 11 is 0. The predicted octanol–water partition coefficient (Wildman–Crippen LogP) is 1.40. The normalized spacial score (nSPS) is 21.3. The number of nitrogens with zero attached hydrogens (tertiary/aromatic N) is 5. The number of hydrogen-bond acceptors (Lipinski definition) is 7. The maximum Gasteiger partial charge on any atom is 0.226 e. The molecule has 3 heterocycles. The Labute approximate surface area is 148 Å². The third-order valence-corrected chi connectivity index (χ3v) is 4.43. The minimum Gasteiger partial charge on any atom is -0.481 e. The maximum absolute atomic E-state index is 6.07. The second-order valence-electron chi connectivity index (χ2n) is 6.19. The van der Waals surface area contributed by atoms with Crippen LogP contribution in [0.4, 0.5) is 5.95 Å². The van der Waals surface area contributed by atoms with Crippen molar-refractivity contribution in [2.45, 2.75) is 26.0 Å². The Morgan fingerprint density at radius 2 is 2.24 bits per heavy atom. The molecule has 1 aliphatic rings. The van der Waals surface area contributed by atoms with E-state index in [-0.39, 0.29) is 12.1 Å². The first-order chi connectivity index (χ1) is 12.1. The Hall–Kier alpha value is -2.19. The van der Waals surface area contributed by atoms with Crippen molar-refractivity contribution < 1.29 is 9.47 Å². The van der Waals surface area contributed by atoms with E-state index in [1.807, 2.05) is 24.9 Å². The number of likely N-dealkylation sites (N-methyl/N-ethyl adjacent to an activating group) is 1. The van der Waals surface area contributed by atoms with Crippen LogP contribution in [-0.2, 0) is 11.8 Å². The summed E-state index contributed by atoms with van der Waals surface area (Å²) in [5.74, 6) is 1.11. The summed E-state index contributed by atoms with van der Waals surface area (Å²) in [6, 6.07) is 1.96. The fourth-order valence-electron chi connectivity index (χ4n) is 3.25. The molecule has 1 aliphatic heterocycles. The lowest BCUT2D eigenvalue weighted by atomic mass is 10.0. The quantitative estimate of drug-likeness (QED) is 0.847. The Bertz CT molecular complexity index is 704. The fourth-order valence-corrected chi connectivity index (χ4v) is 3.25. The minimum absolute atomic E-state index is 0.00647. The number of methoxy groups -OCH3 is 1. The first-order valence-corrected chi connectivity index (χ1v) is 8.58. The maximum atomic E-state index is 6.07. The van der Waals surface area contributed by atoms with E-state index >= 15 is 0 Å². The molecule has 0 aliphatic carbocycles. The predicted molar refractivity (Wildman–Crippen MR) is 94.7 cm³/mol. The van der Waals surface area contributed by atoms with Gasteiger partial charge >= 0.3 is 0 Å². The highest BCUT2D eigenvalue weighted by atomic mass is 16.5. The lowest BCUT2D eigenvalue weighted by Gasteiger charge is -2.40. The zero-order chi connectivity index (χ0) is 17.8. The van der Waals surface area contributed by atoms with Gasteiger partial charge in [-0.2, -0.15) is 10.1 Å². The van der Waals surface area contributed by atoms with Crippen LogP contribution in [0.3, 0.4) is 0 Å². The number of aromatic nitrogens is 4. The van der Waals surface area contributed by atoms with E-state index < -0.39 is 0 Å². The molecule has 2 aromatic rings. The number of morpholine rings is 1. The van der Waals surface area contributed by atoms with Crippen LogP contribution in [0.15, 0.2) is 18.5 Å². The molecule has 0 bridgehead atoms. The first kappa shape index (κ1) is 17.6. The molecule has 0 saturated carbocycles. The van der Waals surface area contributed by atoms with E-state index in [4.69, 9.17) is 9.47 Å². The van der Waals surface area contributed by atoms with Crippen LogP contribution in [0, 0.1) is 6.92 Å². The van der Waals surface area contributed by atoms with Crippen LogP contribution in [0.1, 0.15) is 24.2 Å². The fraction of sp³-hybridized carbons (Fsp3) is 0.588. The second kappa shape index (κ2) is 7.79. The molecule has 2 atom stereocenters. The first-order valence-electron chi connectivity index (χ1n) is 8.58. The van der Waals surface area contributed by atoms with Gasteiger partial charge in [-0.3, -0.25) is 9.58 Å². The summed E-state index contributed by atoms with van der Waals surface area (Å²) in [6.45, 7) is 7.31. The SMILES string of the molecule is CCN1CCO[C@@H](CNc2nc(C)cc(OC)n2)[C@@H]1c1cnn(C)c1. The molecule has 25 heavy (non-hydrogen) atoms. The van der Waals surface area contributed by atoms with Crippen molar-refractivity contribution in [2.24, 2.45) is 7.05 Å². The number of ether oxygens (including phenoxy) is 2. The number of nitrogens with one attached hydrogen (secondary N) is 1. The van der Waals surface area contributed by atoms with Crippen LogP contribution in [-0.4, -0.2) is 64.1 Å². The summed E-state index contributed by atoms with van der Waals surface area (Å²) < 4.78 is 13.1. The van der Waals surface area contributed by atoms with Gasteiger partial charge in [0.25, 0.3) is 0 Å². The molecule has 1 fully saturated rings. The van der Waals surface area contributed by atoms with Crippen LogP contribution < -0.4 is 10.1 Å². The van der Waals surface area contributed by atoms with Crippen molar-refractivity contribution in [1.82, 2.24) is 24.6 Å². The number of rotatable bonds is 6. The molecule has 3 rings (SSSR count). The van der Waals surface area contributed by atoms with Gasteiger partial charge in [-0.15, -0.1) is 0 Å². The number of aryl methyl sites for hydroxylation is 2. The second-order valence-corrected chi connectivity index (χ2v) is 6.19. The monoisotopic (exact) mass is 346 g/mol. The van der Waals surface area contributed by atoms with Gasteiger partial charge in [0.2, 0.25) is 11.8 Å². The zero-order valence-corrected chi connectivity index (χ0v) is 15.3. The van der Waals surface area contributed by atoms with Gasteiger partial charge in [0.15, 0.2) is 0 Å². The van der Waals surface area contributed by atoms with E-state index in [0.717, 1.165) is 25.4 Å². The van der Waals surface area contributed by atoms with Gasteiger partial charge in [0, 0.05) is 43.7 Å². The molecule has 136 valence electrons. The van der Waals surface area contributed by atoms with E-state index in [1.54, 1.807) is 13.2 Å². The number of hydrogen-bond donors (Lipinski definition) is 1. The van der Waals surface area contributed by atoms with Gasteiger partial charge in [0.1, 0.15) is 0 Å². The van der Waals surface area contributed by atoms with E-state index in [1.165, 1.54) is 5.56 Å². The third kappa shape index (κ3) is 4.08. The smallest absolute Gasteiger partial charge is 0.226 e. The Balaban J connectivity index is 1.76. The highest BCUT2D eigenvalue weighted by molar-refractivity contribution is 5.31. The molecule has 1 N–H and O–H groups in total. The largest absolute Gasteiger partial charge is 0.481 e. The molecule has 8 nitrogen and oxygen atoms in total. The summed E-state index contributed by atoms with van der Waals surface area (Å²) in [6.07, 6.45) is 3.97. The highest BCUT2D eigenvalue weighted by Crippen LogP contribution is 2.29. The lowest BCUT2D eigenvalue weighted by molar-refractivity contribution is -0.0640. The van der Waals surface area contributed by atoms with Crippen molar-refractivity contribution in [2.75, 3.05) is 38.7 Å².